The first-order valence-electron chi connectivity index (χ1n) is 6.12. The molecule has 0 saturated heterocycles. The molecule has 1 amide bonds. The van der Waals surface area contributed by atoms with Crippen molar-refractivity contribution in [1.82, 2.24) is 4.98 Å². The number of rotatable bonds is 2. The number of amides is 1. The molecule has 0 radical (unpaired) electrons. The van der Waals surface area contributed by atoms with E-state index in [9.17, 15) is 4.79 Å². The molecule has 5 nitrogen and oxygen atoms in total. The van der Waals surface area contributed by atoms with Gasteiger partial charge in [-0.15, -0.1) is 0 Å². The summed E-state index contributed by atoms with van der Waals surface area (Å²) in [6.45, 7) is 0.705. The van der Waals surface area contributed by atoms with Gasteiger partial charge in [0.25, 0.3) is 5.91 Å². The van der Waals surface area contributed by atoms with Crippen molar-refractivity contribution in [2.45, 2.75) is 6.42 Å². The average Bonchev–Trinajstić information content (AvgIpc) is 2.90. The van der Waals surface area contributed by atoms with Crippen molar-refractivity contribution in [3.8, 4) is 0 Å². The van der Waals surface area contributed by atoms with Crippen LogP contribution in [-0.4, -0.2) is 17.4 Å². The molecule has 0 spiro atoms. The molecule has 1 aromatic carbocycles. The Hall–Kier alpha value is -2.40. The summed E-state index contributed by atoms with van der Waals surface area (Å²) in [6.07, 6.45) is 2.44. The summed E-state index contributed by atoms with van der Waals surface area (Å²) in [5, 5.41) is 0. The molecule has 2 heterocycles. The van der Waals surface area contributed by atoms with E-state index in [4.69, 9.17) is 5.84 Å². The molecule has 5 heteroatoms. The SMILES string of the molecule is NNc1ccc(C(=O)N2CCc3ccccc32)nc1. The van der Waals surface area contributed by atoms with Crippen molar-refractivity contribution in [3.63, 3.8) is 0 Å². The van der Waals surface area contributed by atoms with Crippen LogP contribution in [0.4, 0.5) is 11.4 Å². The minimum atomic E-state index is -0.0754. The zero-order valence-electron chi connectivity index (χ0n) is 10.3. The number of hydrogen-bond acceptors (Lipinski definition) is 4. The summed E-state index contributed by atoms with van der Waals surface area (Å²) >= 11 is 0. The third-order valence-electron chi connectivity index (χ3n) is 3.28. The van der Waals surface area contributed by atoms with E-state index in [0.717, 1.165) is 12.1 Å². The molecule has 0 saturated carbocycles. The van der Waals surface area contributed by atoms with E-state index >= 15 is 0 Å². The first-order valence-corrected chi connectivity index (χ1v) is 6.12. The van der Waals surface area contributed by atoms with Crippen molar-refractivity contribution in [3.05, 3.63) is 53.9 Å². The summed E-state index contributed by atoms with van der Waals surface area (Å²) in [5.41, 5.74) is 5.78. The van der Waals surface area contributed by atoms with Gasteiger partial charge in [0.15, 0.2) is 0 Å². The molecule has 0 atom stereocenters. The van der Waals surface area contributed by atoms with Crippen LogP contribution in [0.15, 0.2) is 42.6 Å². The number of hydrazine groups is 1. The van der Waals surface area contributed by atoms with Crippen LogP contribution in [0.3, 0.4) is 0 Å². The second-order valence-electron chi connectivity index (χ2n) is 4.41. The van der Waals surface area contributed by atoms with Crippen molar-refractivity contribution in [2.75, 3.05) is 16.9 Å². The number of anilines is 2. The predicted octanol–water partition coefficient (Wildman–Crippen LogP) is 1.57. The lowest BCUT2D eigenvalue weighted by molar-refractivity contribution is 0.0984. The fraction of sp³-hybridized carbons (Fsp3) is 0.143. The Morgan fingerprint density at radius 3 is 2.84 bits per heavy atom. The number of hydrogen-bond donors (Lipinski definition) is 2. The molecule has 19 heavy (non-hydrogen) atoms. The topological polar surface area (TPSA) is 71.2 Å². The summed E-state index contributed by atoms with van der Waals surface area (Å²) in [4.78, 5) is 18.3. The Morgan fingerprint density at radius 2 is 2.11 bits per heavy atom. The van der Waals surface area contributed by atoms with Crippen LogP contribution in [0, 0.1) is 0 Å². The van der Waals surface area contributed by atoms with Gasteiger partial charge in [0.2, 0.25) is 0 Å². The van der Waals surface area contributed by atoms with Crippen molar-refractivity contribution >= 4 is 17.3 Å². The van der Waals surface area contributed by atoms with Gasteiger partial charge in [-0.2, -0.15) is 0 Å². The largest absolute Gasteiger partial charge is 0.323 e. The normalized spacial score (nSPS) is 13.2. The van der Waals surface area contributed by atoms with E-state index in [1.165, 1.54) is 5.56 Å². The Bertz CT molecular complexity index is 609. The fourth-order valence-corrected chi connectivity index (χ4v) is 2.29. The number of fused-ring (bicyclic) bond motifs is 1. The van der Waals surface area contributed by atoms with E-state index in [2.05, 4.69) is 16.5 Å². The van der Waals surface area contributed by atoms with E-state index in [1.807, 2.05) is 18.2 Å². The van der Waals surface area contributed by atoms with Crippen LogP contribution in [-0.2, 0) is 6.42 Å². The molecule has 3 N–H and O–H groups in total. The second-order valence-corrected chi connectivity index (χ2v) is 4.41. The standard InChI is InChI=1S/C14H14N4O/c15-17-11-5-6-12(16-9-11)14(19)18-8-7-10-3-1-2-4-13(10)18/h1-6,9,17H,7-8,15H2. The van der Waals surface area contributed by atoms with Gasteiger partial charge in [0.05, 0.1) is 11.9 Å². The van der Waals surface area contributed by atoms with E-state index in [0.29, 0.717) is 17.9 Å². The number of carbonyl (C=O) groups excluding carboxylic acids is 1. The maximum atomic E-state index is 12.4. The average molecular weight is 254 g/mol. The molecule has 0 aliphatic carbocycles. The number of aromatic nitrogens is 1. The lowest BCUT2D eigenvalue weighted by Gasteiger charge is -2.16. The number of nitrogen functional groups attached to an aromatic ring is 1. The van der Waals surface area contributed by atoms with Crippen LogP contribution < -0.4 is 16.2 Å². The Labute approximate surface area is 111 Å². The molecular formula is C14H14N4O. The Kier molecular flexibility index (Phi) is 2.89. The summed E-state index contributed by atoms with van der Waals surface area (Å²) in [7, 11) is 0. The van der Waals surface area contributed by atoms with Gasteiger partial charge in [0.1, 0.15) is 5.69 Å². The molecular weight excluding hydrogens is 240 g/mol. The second kappa shape index (κ2) is 4.70. The number of pyridine rings is 1. The predicted molar refractivity (Wildman–Crippen MR) is 73.9 cm³/mol. The smallest absolute Gasteiger partial charge is 0.276 e. The van der Waals surface area contributed by atoms with Gasteiger partial charge in [-0.25, -0.2) is 4.98 Å². The summed E-state index contributed by atoms with van der Waals surface area (Å²) < 4.78 is 0. The van der Waals surface area contributed by atoms with Crippen molar-refractivity contribution in [2.24, 2.45) is 5.84 Å². The highest BCUT2D eigenvalue weighted by Gasteiger charge is 2.25. The Balaban J connectivity index is 1.89. The summed E-state index contributed by atoms with van der Waals surface area (Å²) in [5.74, 6) is 5.20. The third kappa shape index (κ3) is 2.04. The van der Waals surface area contributed by atoms with Crippen molar-refractivity contribution in [1.29, 1.82) is 0 Å². The van der Waals surface area contributed by atoms with Crippen LogP contribution in [0.1, 0.15) is 16.1 Å². The molecule has 0 bridgehead atoms. The first-order chi connectivity index (χ1) is 9.29. The van der Waals surface area contributed by atoms with Crippen LogP contribution in [0.25, 0.3) is 0 Å². The van der Waals surface area contributed by atoms with Crippen LogP contribution >= 0.6 is 0 Å². The van der Waals surface area contributed by atoms with Gasteiger partial charge >= 0.3 is 0 Å². The number of nitrogens with one attached hydrogen (secondary N) is 1. The molecule has 3 rings (SSSR count). The van der Waals surface area contributed by atoms with Gasteiger partial charge < -0.3 is 10.3 Å². The van der Waals surface area contributed by atoms with E-state index in [-0.39, 0.29) is 5.91 Å². The van der Waals surface area contributed by atoms with Crippen LogP contribution in [0.5, 0.6) is 0 Å². The lowest BCUT2D eigenvalue weighted by Crippen LogP contribution is -2.29. The highest BCUT2D eigenvalue weighted by Crippen LogP contribution is 2.28. The number of para-hydroxylation sites is 1. The minimum absolute atomic E-state index is 0.0754. The third-order valence-corrected chi connectivity index (χ3v) is 3.28. The van der Waals surface area contributed by atoms with E-state index in [1.54, 1.807) is 23.2 Å². The molecule has 1 aromatic heterocycles. The minimum Gasteiger partial charge on any atom is -0.323 e. The molecule has 96 valence electrons. The van der Waals surface area contributed by atoms with Gasteiger partial charge in [0, 0.05) is 12.2 Å². The molecule has 0 unspecified atom stereocenters. The molecule has 0 fully saturated rings. The monoisotopic (exact) mass is 254 g/mol. The van der Waals surface area contributed by atoms with E-state index < -0.39 is 0 Å². The van der Waals surface area contributed by atoms with Crippen molar-refractivity contribution < 1.29 is 4.79 Å². The zero-order valence-corrected chi connectivity index (χ0v) is 10.3. The molecule has 2 aromatic rings. The molecule has 1 aliphatic heterocycles. The van der Waals surface area contributed by atoms with Gasteiger partial charge in [-0.1, -0.05) is 18.2 Å². The summed E-state index contributed by atoms with van der Waals surface area (Å²) in [6, 6.07) is 11.4. The number of nitrogens with zero attached hydrogens (tertiary/aromatic N) is 2. The highest BCUT2D eigenvalue weighted by atomic mass is 16.2. The first kappa shape index (κ1) is 11.7. The maximum Gasteiger partial charge on any atom is 0.276 e. The highest BCUT2D eigenvalue weighted by molar-refractivity contribution is 6.06. The quantitative estimate of drug-likeness (QED) is 0.630. The number of nitrogens with two attached hydrogens (primary N) is 1. The fourth-order valence-electron chi connectivity index (χ4n) is 2.29. The zero-order chi connectivity index (χ0) is 13.2. The lowest BCUT2D eigenvalue weighted by atomic mass is 10.2. The van der Waals surface area contributed by atoms with Gasteiger partial charge in [-0.05, 0) is 30.2 Å². The Morgan fingerprint density at radius 1 is 1.26 bits per heavy atom. The number of carbonyl (C=O) groups is 1. The van der Waals surface area contributed by atoms with Crippen LogP contribution in [0.2, 0.25) is 0 Å². The maximum absolute atomic E-state index is 12.4. The molecule has 1 aliphatic rings. The number of benzene rings is 1. The van der Waals surface area contributed by atoms with Gasteiger partial charge in [-0.3, -0.25) is 10.6 Å².